The van der Waals surface area contributed by atoms with Gasteiger partial charge in [0, 0.05) is 25.7 Å². The molecule has 0 aromatic heterocycles. The van der Waals surface area contributed by atoms with Gasteiger partial charge < -0.3 is 20.3 Å². The lowest BCUT2D eigenvalue weighted by Crippen LogP contribution is -2.41. The Balaban J connectivity index is 0.00000484. The van der Waals surface area contributed by atoms with Crippen LogP contribution in [0.1, 0.15) is 53.9 Å². The average molecular weight is 440 g/mol. The number of halogens is 1. The summed E-state index contributed by atoms with van der Waals surface area (Å²) in [5.74, 6) is 0.839. The molecule has 23 heavy (non-hydrogen) atoms. The van der Waals surface area contributed by atoms with Crippen molar-refractivity contribution in [1.82, 2.24) is 15.5 Å². The highest BCUT2D eigenvalue weighted by molar-refractivity contribution is 14.0. The van der Waals surface area contributed by atoms with Crippen molar-refractivity contribution in [2.75, 3.05) is 26.2 Å². The van der Waals surface area contributed by atoms with Gasteiger partial charge in [-0.05, 0) is 47.0 Å². The van der Waals surface area contributed by atoms with Crippen molar-refractivity contribution >= 4 is 36.0 Å². The predicted octanol–water partition coefficient (Wildman–Crippen LogP) is 2.97. The van der Waals surface area contributed by atoms with E-state index in [-0.39, 0.29) is 30.1 Å². The zero-order valence-corrected chi connectivity index (χ0v) is 17.5. The number of amides is 1. The summed E-state index contributed by atoms with van der Waals surface area (Å²) in [6, 6.07) is 0.565. The molecule has 0 heterocycles. The lowest BCUT2D eigenvalue weighted by molar-refractivity contribution is 0.0256. The third-order valence-corrected chi connectivity index (χ3v) is 3.05. The number of hydrogen-bond acceptors (Lipinski definition) is 3. The fourth-order valence-electron chi connectivity index (χ4n) is 1.91. The summed E-state index contributed by atoms with van der Waals surface area (Å²) in [6.07, 6.45) is 3.07. The number of hydrogen-bond donors (Lipinski definition) is 2. The maximum Gasteiger partial charge on any atom is 0.410 e. The zero-order valence-electron chi connectivity index (χ0n) is 15.1. The van der Waals surface area contributed by atoms with Gasteiger partial charge in [0.2, 0.25) is 0 Å². The second kappa shape index (κ2) is 10.9. The van der Waals surface area contributed by atoms with Gasteiger partial charge in [-0.15, -0.1) is 24.0 Å². The molecule has 1 rings (SSSR count). The van der Waals surface area contributed by atoms with Crippen LogP contribution in [0.4, 0.5) is 4.79 Å². The van der Waals surface area contributed by atoms with Gasteiger partial charge in [-0.1, -0.05) is 6.92 Å². The Morgan fingerprint density at radius 3 is 2.39 bits per heavy atom. The van der Waals surface area contributed by atoms with Crippen LogP contribution in [0.25, 0.3) is 0 Å². The van der Waals surface area contributed by atoms with Gasteiger partial charge in [-0.3, -0.25) is 4.99 Å². The van der Waals surface area contributed by atoms with E-state index < -0.39 is 5.60 Å². The van der Waals surface area contributed by atoms with E-state index in [1.54, 1.807) is 4.90 Å². The maximum absolute atomic E-state index is 12.2. The number of guanidine groups is 1. The molecular weight excluding hydrogens is 407 g/mol. The van der Waals surface area contributed by atoms with E-state index >= 15 is 0 Å². The van der Waals surface area contributed by atoms with E-state index in [4.69, 9.17) is 4.74 Å². The van der Waals surface area contributed by atoms with Gasteiger partial charge in [-0.25, -0.2) is 4.79 Å². The molecule has 7 heteroatoms. The fourth-order valence-corrected chi connectivity index (χ4v) is 1.91. The molecule has 1 aliphatic carbocycles. The standard InChI is InChI=1S/C16H32N4O2.HI/c1-6-11-20(15(21)22-16(3,4)5)12-10-18-14(17-7-2)19-13-8-9-13;/h13H,6-12H2,1-5H3,(H2,17,18,19);1H. The lowest BCUT2D eigenvalue weighted by atomic mass is 10.2. The van der Waals surface area contributed by atoms with Gasteiger partial charge in [0.25, 0.3) is 0 Å². The van der Waals surface area contributed by atoms with Gasteiger partial charge in [0.1, 0.15) is 5.60 Å². The Kier molecular flexibility index (Phi) is 10.6. The van der Waals surface area contributed by atoms with Crippen molar-refractivity contribution in [3.05, 3.63) is 0 Å². The molecule has 1 aliphatic rings. The SMILES string of the molecule is CCCN(CCN=C(NCC)NC1CC1)C(=O)OC(C)(C)C.I. The number of aliphatic imine (C=N–C) groups is 1. The van der Waals surface area contributed by atoms with E-state index in [1.807, 2.05) is 27.7 Å². The summed E-state index contributed by atoms with van der Waals surface area (Å²) >= 11 is 0. The maximum atomic E-state index is 12.2. The summed E-state index contributed by atoms with van der Waals surface area (Å²) in [5.41, 5.74) is -0.463. The Labute approximate surface area is 157 Å². The van der Waals surface area contributed by atoms with Crippen LogP contribution in [0.2, 0.25) is 0 Å². The van der Waals surface area contributed by atoms with E-state index in [0.717, 1.165) is 18.9 Å². The molecule has 1 amide bonds. The Morgan fingerprint density at radius 1 is 1.26 bits per heavy atom. The van der Waals surface area contributed by atoms with Crippen LogP contribution in [-0.2, 0) is 4.74 Å². The second-order valence-electron chi connectivity index (χ2n) is 6.65. The second-order valence-corrected chi connectivity index (χ2v) is 6.65. The predicted molar refractivity (Wildman–Crippen MR) is 106 cm³/mol. The largest absolute Gasteiger partial charge is 0.444 e. The highest BCUT2D eigenvalue weighted by atomic mass is 127. The number of carbonyl (C=O) groups excluding carboxylic acids is 1. The highest BCUT2D eigenvalue weighted by Gasteiger charge is 2.23. The Hall–Kier alpha value is -0.730. The molecule has 6 nitrogen and oxygen atoms in total. The topological polar surface area (TPSA) is 66.0 Å². The average Bonchev–Trinajstić information content (AvgIpc) is 3.19. The van der Waals surface area contributed by atoms with Crippen molar-refractivity contribution < 1.29 is 9.53 Å². The van der Waals surface area contributed by atoms with Crippen LogP contribution >= 0.6 is 24.0 Å². The van der Waals surface area contributed by atoms with Crippen LogP contribution in [-0.4, -0.2) is 54.8 Å². The van der Waals surface area contributed by atoms with E-state index in [2.05, 4.69) is 22.5 Å². The van der Waals surface area contributed by atoms with Gasteiger partial charge >= 0.3 is 6.09 Å². The molecule has 0 bridgehead atoms. The summed E-state index contributed by atoms with van der Waals surface area (Å²) < 4.78 is 5.44. The molecule has 0 saturated heterocycles. The number of carbonyl (C=O) groups is 1. The fraction of sp³-hybridized carbons (Fsp3) is 0.875. The Morgan fingerprint density at radius 2 is 1.91 bits per heavy atom. The third-order valence-electron chi connectivity index (χ3n) is 3.05. The Bertz CT molecular complexity index is 379. The van der Waals surface area contributed by atoms with Crippen molar-refractivity contribution in [1.29, 1.82) is 0 Å². The molecule has 1 saturated carbocycles. The number of nitrogens with zero attached hydrogens (tertiary/aromatic N) is 2. The molecule has 0 aliphatic heterocycles. The first-order chi connectivity index (χ1) is 10.4. The highest BCUT2D eigenvalue weighted by Crippen LogP contribution is 2.18. The molecule has 0 spiro atoms. The minimum absolute atomic E-state index is 0. The summed E-state index contributed by atoms with van der Waals surface area (Å²) in [4.78, 5) is 18.4. The third kappa shape index (κ3) is 10.6. The molecule has 0 radical (unpaired) electrons. The normalized spacial score (nSPS) is 14.7. The van der Waals surface area contributed by atoms with Crippen molar-refractivity contribution in [3.8, 4) is 0 Å². The van der Waals surface area contributed by atoms with Crippen LogP contribution in [0.15, 0.2) is 4.99 Å². The van der Waals surface area contributed by atoms with Crippen LogP contribution in [0.5, 0.6) is 0 Å². The number of nitrogens with one attached hydrogen (secondary N) is 2. The summed E-state index contributed by atoms with van der Waals surface area (Å²) in [7, 11) is 0. The van der Waals surface area contributed by atoms with Crippen LogP contribution < -0.4 is 10.6 Å². The number of rotatable bonds is 7. The minimum Gasteiger partial charge on any atom is -0.444 e. The number of ether oxygens (including phenoxy) is 1. The molecule has 0 unspecified atom stereocenters. The first-order valence-electron chi connectivity index (χ1n) is 8.38. The van der Waals surface area contributed by atoms with Gasteiger partial charge in [0.05, 0.1) is 6.54 Å². The van der Waals surface area contributed by atoms with Crippen molar-refractivity contribution in [2.24, 2.45) is 4.99 Å². The molecular formula is C16H33IN4O2. The molecule has 0 aromatic carbocycles. The smallest absolute Gasteiger partial charge is 0.410 e. The monoisotopic (exact) mass is 440 g/mol. The quantitative estimate of drug-likeness (QED) is 0.363. The summed E-state index contributed by atoms with van der Waals surface area (Å²) in [5, 5.41) is 6.60. The first-order valence-corrected chi connectivity index (χ1v) is 8.38. The van der Waals surface area contributed by atoms with Crippen LogP contribution in [0, 0.1) is 0 Å². The summed E-state index contributed by atoms with van der Waals surface area (Å²) in [6.45, 7) is 12.4. The molecule has 0 aromatic rings. The van der Waals surface area contributed by atoms with Crippen molar-refractivity contribution in [3.63, 3.8) is 0 Å². The zero-order chi connectivity index (χ0) is 16.6. The first kappa shape index (κ1) is 22.3. The minimum atomic E-state index is -0.463. The van der Waals surface area contributed by atoms with E-state index in [9.17, 15) is 4.79 Å². The molecule has 1 fully saturated rings. The van der Waals surface area contributed by atoms with Gasteiger partial charge in [0.15, 0.2) is 5.96 Å². The van der Waals surface area contributed by atoms with E-state index in [0.29, 0.717) is 25.7 Å². The van der Waals surface area contributed by atoms with Crippen molar-refractivity contribution in [2.45, 2.75) is 65.5 Å². The lowest BCUT2D eigenvalue weighted by Gasteiger charge is -2.26. The van der Waals surface area contributed by atoms with Crippen LogP contribution in [0.3, 0.4) is 0 Å². The molecule has 0 atom stereocenters. The van der Waals surface area contributed by atoms with E-state index in [1.165, 1.54) is 12.8 Å². The van der Waals surface area contributed by atoms with Gasteiger partial charge in [-0.2, -0.15) is 0 Å². The molecule has 136 valence electrons. The molecule has 2 N–H and O–H groups in total.